The zero-order valence-corrected chi connectivity index (χ0v) is 17.5. The number of ether oxygens (including phenoxy) is 3. The van der Waals surface area contributed by atoms with Gasteiger partial charge in [0.25, 0.3) is 0 Å². The second-order valence-corrected chi connectivity index (χ2v) is 7.03. The van der Waals surface area contributed by atoms with Crippen LogP contribution in [-0.4, -0.2) is 43.6 Å². The van der Waals surface area contributed by atoms with Crippen molar-refractivity contribution in [1.82, 2.24) is 15.1 Å². The van der Waals surface area contributed by atoms with Crippen molar-refractivity contribution in [3.63, 3.8) is 0 Å². The molecule has 1 heterocycles. The number of methoxy groups -OCH3 is 3. The Balaban J connectivity index is 1.61. The van der Waals surface area contributed by atoms with Gasteiger partial charge >= 0.3 is 6.18 Å². The summed E-state index contributed by atoms with van der Waals surface area (Å²) in [5, 5.41) is 6.33. The molecule has 1 aliphatic carbocycles. The van der Waals surface area contributed by atoms with Gasteiger partial charge in [-0.15, -0.1) is 0 Å². The Morgan fingerprint density at radius 1 is 1.16 bits per heavy atom. The lowest BCUT2D eigenvalue weighted by Gasteiger charge is -2.12. The molecule has 0 radical (unpaired) electrons. The fourth-order valence-corrected chi connectivity index (χ4v) is 3.17. The zero-order chi connectivity index (χ0) is 22.6. The SMILES string of the molecule is COc1cc(/C=C/C(=O)NCCn2nc(C(F)(F)F)cc2C2CC2)cc(OC)c1OC. The molecule has 2 aromatic rings. The molecule has 0 unspecified atom stereocenters. The molecule has 1 aromatic carbocycles. The van der Waals surface area contributed by atoms with E-state index >= 15 is 0 Å². The van der Waals surface area contributed by atoms with Gasteiger partial charge in [0.15, 0.2) is 17.2 Å². The third-order valence-corrected chi connectivity index (χ3v) is 4.83. The highest BCUT2D eigenvalue weighted by Gasteiger charge is 2.37. The standard InChI is InChI=1S/C21H24F3N3O4/c1-29-16-10-13(11-17(30-2)20(16)31-3)4-7-19(28)25-8-9-27-15(14-5-6-14)12-18(26-27)21(22,23)24/h4,7,10-12,14H,5-6,8-9H2,1-3H3,(H,25,28)/b7-4+. The minimum absolute atomic E-state index is 0.110. The third kappa shape index (κ3) is 5.50. The number of benzene rings is 1. The van der Waals surface area contributed by atoms with Crippen LogP contribution in [0, 0.1) is 0 Å². The van der Waals surface area contributed by atoms with Gasteiger partial charge in [0.1, 0.15) is 0 Å². The molecule has 1 amide bonds. The maximum atomic E-state index is 13.0. The second-order valence-electron chi connectivity index (χ2n) is 7.03. The van der Waals surface area contributed by atoms with E-state index in [1.807, 2.05) is 0 Å². The molecule has 10 heteroatoms. The predicted molar refractivity (Wildman–Crippen MR) is 107 cm³/mol. The van der Waals surface area contributed by atoms with Gasteiger partial charge in [0.2, 0.25) is 11.7 Å². The fourth-order valence-electron chi connectivity index (χ4n) is 3.17. The van der Waals surface area contributed by atoms with Crippen molar-refractivity contribution in [3.05, 3.63) is 41.2 Å². The number of carbonyl (C=O) groups excluding carboxylic acids is 1. The summed E-state index contributed by atoms with van der Waals surface area (Å²) in [6.45, 7) is 0.308. The minimum Gasteiger partial charge on any atom is -0.493 e. The van der Waals surface area contributed by atoms with Crippen LogP contribution in [0.25, 0.3) is 6.08 Å². The van der Waals surface area contributed by atoms with Crippen molar-refractivity contribution in [3.8, 4) is 17.2 Å². The Morgan fingerprint density at radius 2 is 1.81 bits per heavy atom. The lowest BCUT2D eigenvalue weighted by molar-refractivity contribution is -0.141. The highest BCUT2D eigenvalue weighted by atomic mass is 19.4. The van der Waals surface area contributed by atoms with Gasteiger partial charge in [0.05, 0.1) is 27.9 Å². The van der Waals surface area contributed by atoms with Gasteiger partial charge in [-0.05, 0) is 42.7 Å². The van der Waals surface area contributed by atoms with E-state index in [4.69, 9.17) is 14.2 Å². The molecular formula is C21H24F3N3O4. The summed E-state index contributed by atoms with van der Waals surface area (Å²) in [5.74, 6) is 1.07. The molecule has 0 atom stereocenters. The van der Waals surface area contributed by atoms with Crippen molar-refractivity contribution >= 4 is 12.0 Å². The molecule has 1 aromatic heterocycles. The van der Waals surface area contributed by atoms with E-state index in [2.05, 4.69) is 10.4 Å². The molecule has 1 aliphatic rings. The van der Waals surface area contributed by atoms with E-state index in [1.54, 1.807) is 18.2 Å². The largest absolute Gasteiger partial charge is 0.493 e. The Labute approximate surface area is 177 Å². The Bertz CT molecular complexity index is 940. The summed E-state index contributed by atoms with van der Waals surface area (Å²) in [6, 6.07) is 4.48. The maximum absolute atomic E-state index is 13.0. The highest BCUT2D eigenvalue weighted by Crippen LogP contribution is 2.42. The summed E-state index contributed by atoms with van der Waals surface area (Å²) < 4.78 is 56.0. The van der Waals surface area contributed by atoms with E-state index < -0.39 is 11.9 Å². The number of nitrogens with zero attached hydrogens (tertiary/aromatic N) is 2. The number of halogens is 3. The molecule has 7 nitrogen and oxygen atoms in total. The number of rotatable bonds is 9. The van der Waals surface area contributed by atoms with Crippen LogP contribution in [0.15, 0.2) is 24.3 Å². The van der Waals surface area contributed by atoms with Gasteiger partial charge in [0, 0.05) is 24.2 Å². The molecule has 1 fully saturated rings. The minimum atomic E-state index is -4.48. The number of hydrogen-bond acceptors (Lipinski definition) is 5. The van der Waals surface area contributed by atoms with E-state index in [1.165, 1.54) is 32.1 Å². The topological polar surface area (TPSA) is 74.6 Å². The molecule has 1 saturated carbocycles. The average Bonchev–Trinajstić information content (AvgIpc) is 3.49. The lowest BCUT2D eigenvalue weighted by Crippen LogP contribution is -2.26. The third-order valence-electron chi connectivity index (χ3n) is 4.83. The number of aromatic nitrogens is 2. The quantitative estimate of drug-likeness (QED) is 0.604. The molecular weight excluding hydrogens is 415 g/mol. The van der Waals surface area contributed by atoms with Crippen LogP contribution >= 0.6 is 0 Å². The first-order valence-electron chi connectivity index (χ1n) is 9.67. The first kappa shape index (κ1) is 22.5. The normalized spacial score (nSPS) is 14.0. The summed E-state index contributed by atoms with van der Waals surface area (Å²) in [6.07, 6.45) is 0.124. The zero-order valence-electron chi connectivity index (χ0n) is 17.5. The first-order valence-corrected chi connectivity index (χ1v) is 9.67. The summed E-state index contributed by atoms with van der Waals surface area (Å²) >= 11 is 0. The van der Waals surface area contributed by atoms with Crippen LogP contribution in [0.5, 0.6) is 17.2 Å². The second kappa shape index (κ2) is 9.32. The molecule has 0 saturated heterocycles. The van der Waals surface area contributed by atoms with Crippen LogP contribution in [0.2, 0.25) is 0 Å². The highest BCUT2D eigenvalue weighted by molar-refractivity contribution is 5.91. The van der Waals surface area contributed by atoms with Gasteiger partial charge in [-0.1, -0.05) is 0 Å². The van der Waals surface area contributed by atoms with E-state index in [0.29, 0.717) is 28.5 Å². The number of hydrogen-bond donors (Lipinski definition) is 1. The van der Waals surface area contributed by atoms with Gasteiger partial charge in [-0.2, -0.15) is 18.3 Å². The van der Waals surface area contributed by atoms with E-state index in [0.717, 1.165) is 18.9 Å². The first-order chi connectivity index (χ1) is 14.8. The van der Waals surface area contributed by atoms with Crippen molar-refractivity contribution in [2.24, 2.45) is 0 Å². The summed E-state index contributed by atoms with van der Waals surface area (Å²) in [7, 11) is 4.48. The smallest absolute Gasteiger partial charge is 0.435 e. The monoisotopic (exact) mass is 439 g/mol. The molecule has 0 aliphatic heterocycles. The van der Waals surface area contributed by atoms with Crippen LogP contribution in [0.3, 0.4) is 0 Å². The van der Waals surface area contributed by atoms with Crippen molar-refractivity contribution in [2.45, 2.75) is 31.5 Å². The van der Waals surface area contributed by atoms with Crippen LogP contribution < -0.4 is 19.5 Å². The van der Waals surface area contributed by atoms with Crippen LogP contribution in [-0.2, 0) is 17.5 Å². The number of nitrogens with one attached hydrogen (secondary N) is 1. The van der Waals surface area contributed by atoms with Crippen molar-refractivity contribution in [2.75, 3.05) is 27.9 Å². The molecule has 1 N–H and O–H groups in total. The fraction of sp³-hybridized carbons (Fsp3) is 0.429. The molecule has 31 heavy (non-hydrogen) atoms. The molecule has 168 valence electrons. The van der Waals surface area contributed by atoms with Crippen LogP contribution in [0.1, 0.15) is 35.7 Å². The van der Waals surface area contributed by atoms with Gasteiger partial charge in [-0.25, -0.2) is 0 Å². The van der Waals surface area contributed by atoms with E-state index in [-0.39, 0.29) is 24.9 Å². The summed E-state index contributed by atoms with van der Waals surface area (Å²) in [4.78, 5) is 12.1. The Hall–Kier alpha value is -3.17. The number of amides is 1. The molecule has 3 rings (SSSR count). The van der Waals surface area contributed by atoms with Gasteiger partial charge in [-0.3, -0.25) is 9.48 Å². The number of alkyl halides is 3. The summed E-state index contributed by atoms with van der Waals surface area (Å²) in [5.41, 5.74) is 0.320. The number of carbonyl (C=O) groups is 1. The van der Waals surface area contributed by atoms with Crippen LogP contribution in [0.4, 0.5) is 13.2 Å². The molecule has 0 spiro atoms. The van der Waals surface area contributed by atoms with E-state index in [9.17, 15) is 18.0 Å². The Kier molecular flexibility index (Phi) is 6.77. The maximum Gasteiger partial charge on any atom is 0.435 e. The lowest BCUT2D eigenvalue weighted by atomic mass is 10.1. The molecule has 0 bridgehead atoms. The van der Waals surface area contributed by atoms with Crippen molar-refractivity contribution < 1.29 is 32.2 Å². The average molecular weight is 439 g/mol. The Morgan fingerprint density at radius 3 is 2.32 bits per heavy atom. The predicted octanol–water partition coefficient (Wildman–Crippen LogP) is 3.63. The van der Waals surface area contributed by atoms with Crippen molar-refractivity contribution in [1.29, 1.82) is 0 Å². The van der Waals surface area contributed by atoms with Gasteiger partial charge < -0.3 is 19.5 Å².